The Morgan fingerprint density at radius 2 is 1.94 bits per heavy atom. The summed E-state index contributed by atoms with van der Waals surface area (Å²) in [6.07, 6.45) is 3.72. The molecule has 0 saturated carbocycles. The largest absolute Gasteiger partial charge is 0.330 e. The normalized spacial score (nSPS) is 12.7. The lowest BCUT2D eigenvalue weighted by atomic mass is 9.97. The van der Waals surface area contributed by atoms with Crippen molar-refractivity contribution in [2.24, 2.45) is 5.73 Å². The molecule has 16 heavy (non-hydrogen) atoms. The summed E-state index contributed by atoms with van der Waals surface area (Å²) in [4.78, 5) is 0. The van der Waals surface area contributed by atoms with Crippen molar-refractivity contribution in [2.45, 2.75) is 32.1 Å². The van der Waals surface area contributed by atoms with Crippen molar-refractivity contribution in [1.82, 2.24) is 5.32 Å². The maximum Gasteiger partial charge on any atom is 0.00862 e. The van der Waals surface area contributed by atoms with Gasteiger partial charge in [-0.1, -0.05) is 37.6 Å². The van der Waals surface area contributed by atoms with Gasteiger partial charge in [-0.2, -0.15) is 0 Å². The number of nitrogens with one attached hydrogen (secondary N) is 1. The lowest BCUT2D eigenvalue weighted by Crippen LogP contribution is -2.23. The monoisotopic (exact) mass is 220 g/mol. The second-order valence-corrected chi connectivity index (χ2v) is 4.34. The highest BCUT2D eigenvalue weighted by atomic mass is 14.8. The number of benzene rings is 1. The van der Waals surface area contributed by atoms with Gasteiger partial charge in [0.25, 0.3) is 0 Å². The highest BCUT2D eigenvalue weighted by Gasteiger charge is 2.07. The lowest BCUT2D eigenvalue weighted by Gasteiger charge is -2.15. The van der Waals surface area contributed by atoms with E-state index >= 15 is 0 Å². The summed E-state index contributed by atoms with van der Waals surface area (Å²) in [5, 5.41) is 3.19. The molecule has 1 unspecified atom stereocenters. The van der Waals surface area contributed by atoms with Crippen LogP contribution in [0.1, 0.15) is 36.8 Å². The zero-order valence-corrected chi connectivity index (χ0v) is 10.5. The summed E-state index contributed by atoms with van der Waals surface area (Å²) >= 11 is 0. The third kappa shape index (κ3) is 3.95. The molecule has 0 aliphatic carbocycles. The fourth-order valence-electron chi connectivity index (χ4n) is 1.92. The molecule has 1 aromatic rings. The van der Waals surface area contributed by atoms with Crippen LogP contribution in [0.2, 0.25) is 0 Å². The molecule has 2 heteroatoms. The van der Waals surface area contributed by atoms with E-state index in [2.05, 4.69) is 36.5 Å². The minimum absolute atomic E-state index is 0.435. The van der Waals surface area contributed by atoms with Gasteiger partial charge >= 0.3 is 0 Å². The predicted octanol–water partition coefficient (Wildman–Crippen LogP) is 2.29. The Labute approximate surface area is 99.2 Å². The summed E-state index contributed by atoms with van der Waals surface area (Å²) < 4.78 is 0. The van der Waals surface area contributed by atoms with Crippen molar-refractivity contribution in [3.8, 4) is 0 Å². The molecular formula is C14H24N2. The zero-order chi connectivity index (χ0) is 11.8. The molecule has 90 valence electrons. The molecule has 0 heterocycles. The molecule has 0 spiro atoms. The molecule has 0 fully saturated rings. The molecule has 1 atom stereocenters. The van der Waals surface area contributed by atoms with Gasteiger partial charge in [0.15, 0.2) is 0 Å². The first kappa shape index (κ1) is 13.2. The van der Waals surface area contributed by atoms with E-state index in [1.807, 2.05) is 7.05 Å². The summed E-state index contributed by atoms with van der Waals surface area (Å²) in [5.41, 5.74) is 8.55. The summed E-state index contributed by atoms with van der Waals surface area (Å²) in [6.45, 7) is 3.88. The van der Waals surface area contributed by atoms with E-state index in [1.165, 1.54) is 30.4 Å². The first-order valence-electron chi connectivity index (χ1n) is 6.25. The Morgan fingerprint density at radius 3 is 2.44 bits per heavy atom. The van der Waals surface area contributed by atoms with E-state index in [1.54, 1.807) is 0 Å². The molecule has 0 aliphatic heterocycles. The minimum atomic E-state index is 0.435. The Morgan fingerprint density at radius 1 is 1.25 bits per heavy atom. The average Bonchev–Trinajstić information content (AvgIpc) is 2.34. The van der Waals surface area contributed by atoms with Gasteiger partial charge < -0.3 is 11.1 Å². The standard InChI is InChI=1S/C14H24N2/c1-3-4-5-12-6-8-13(9-7-12)14(10-15)11-16-2/h6-9,14,16H,3-5,10-11,15H2,1-2H3. The van der Waals surface area contributed by atoms with E-state index in [4.69, 9.17) is 5.73 Å². The molecule has 0 radical (unpaired) electrons. The van der Waals surface area contributed by atoms with Crippen LogP contribution >= 0.6 is 0 Å². The van der Waals surface area contributed by atoms with E-state index in [9.17, 15) is 0 Å². The van der Waals surface area contributed by atoms with Crippen molar-refractivity contribution < 1.29 is 0 Å². The van der Waals surface area contributed by atoms with Gasteiger partial charge in [0.1, 0.15) is 0 Å². The minimum Gasteiger partial charge on any atom is -0.330 e. The van der Waals surface area contributed by atoms with Crippen molar-refractivity contribution in [1.29, 1.82) is 0 Å². The lowest BCUT2D eigenvalue weighted by molar-refractivity contribution is 0.637. The van der Waals surface area contributed by atoms with E-state index < -0.39 is 0 Å². The molecule has 1 aromatic carbocycles. The molecule has 1 rings (SSSR count). The third-order valence-electron chi connectivity index (χ3n) is 3.01. The highest BCUT2D eigenvalue weighted by molar-refractivity contribution is 5.26. The number of unbranched alkanes of at least 4 members (excludes halogenated alkanes) is 1. The topological polar surface area (TPSA) is 38.0 Å². The molecule has 0 saturated heterocycles. The van der Waals surface area contributed by atoms with E-state index in [0.29, 0.717) is 12.5 Å². The van der Waals surface area contributed by atoms with Crippen LogP contribution in [0.15, 0.2) is 24.3 Å². The second kappa shape index (κ2) is 7.42. The van der Waals surface area contributed by atoms with Gasteiger partial charge in [-0.05, 0) is 31.0 Å². The first-order chi connectivity index (χ1) is 7.81. The number of aryl methyl sites for hydroxylation is 1. The predicted molar refractivity (Wildman–Crippen MR) is 70.8 cm³/mol. The quantitative estimate of drug-likeness (QED) is 0.740. The fourth-order valence-corrected chi connectivity index (χ4v) is 1.92. The first-order valence-corrected chi connectivity index (χ1v) is 6.25. The smallest absolute Gasteiger partial charge is 0.00862 e. The van der Waals surface area contributed by atoms with Gasteiger partial charge in [0, 0.05) is 19.0 Å². The SMILES string of the molecule is CCCCc1ccc(C(CN)CNC)cc1. The second-order valence-electron chi connectivity index (χ2n) is 4.34. The van der Waals surface area contributed by atoms with Crippen molar-refractivity contribution in [2.75, 3.05) is 20.1 Å². The molecular weight excluding hydrogens is 196 g/mol. The third-order valence-corrected chi connectivity index (χ3v) is 3.01. The molecule has 3 N–H and O–H groups in total. The zero-order valence-electron chi connectivity index (χ0n) is 10.5. The number of nitrogens with two attached hydrogens (primary N) is 1. The van der Waals surface area contributed by atoms with E-state index in [-0.39, 0.29) is 0 Å². The van der Waals surface area contributed by atoms with Crippen LogP contribution in [0.25, 0.3) is 0 Å². The van der Waals surface area contributed by atoms with E-state index in [0.717, 1.165) is 6.54 Å². The van der Waals surface area contributed by atoms with Gasteiger partial charge in [-0.3, -0.25) is 0 Å². The van der Waals surface area contributed by atoms with Crippen LogP contribution in [0.5, 0.6) is 0 Å². The summed E-state index contributed by atoms with van der Waals surface area (Å²) in [7, 11) is 1.97. The number of likely N-dealkylation sites (N-methyl/N-ethyl adjacent to an activating group) is 1. The molecule has 0 amide bonds. The molecule has 0 aliphatic rings. The van der Waals surface area contributed by atoms with Crippen LogP contribution in [-0.4, -0.2) is 20.1 Å². The van der Waals surface area contributed by atoms with Gasteiger partial charge in [0.2, 0.25) is 0 Å². The van der Waals surface area contributed by atoms with Crippen LogP contribution in [0.4, 0.5) is 0 Å². The molecule has 0 aromatic heterocycles. The van der Waals surface area contributed by atoms with Crippen molar-refractivity contribution in [3.63, 3.8) is 0 Å². The Hall–Kier alpha value is -0.860. The fraction of sp³-hybridized carbons (Fsp3) is 0.571. The number of hydrogen-bond donors (Lipinski definition) is 2. The van der Waals surface area contributed by atoms with Crippen molar-refractivity contribution >= 4 is 0 Å². The maximum absolute atomic E-state index is 5.77. The average molecular weight is 220 g/mol. The van der Waals surface area contributed by atoms with Crippen LogP contribution in [-0.2, 0) is 6.42 Å². The van der Waals surface area contributed by atoms with Crippen LogP contribution in [0, 0.1) is 0 Å². The van der Waals surface area contributed by atoms with Crippen LogP contribution in [0.3, 0.4) is 0 Å². The molecule has 2 nitrogen and oxygen atoms in total. The van der Waals surface area contributed by atoms with Crippen molar-refractivity contribution in [3.05, 3.63) is 35.4 Å². The Bertz CT molecular complexity index is 279. The summed E-state index contributed by atoms with van der Waals surface area (Å²) in [6, 6.07) is 8.92. The summed E-state index contributed by atoms with van der Waals surface area (Å²) in [5.74, 6) is 0.435. The Balaban J connectivity index is 2.61. The van der Waals surface area contributed by atoms with Crippen LogP contribution < -0.4 is 11.1 Å². The van der Waals surface area contributed by atoms with Gasteiger partial charge in [-0.15, -0.1) is 0 Å². The highest BCUT2D eigenvalue weighted by Crippen LogP contribution is 2.15. The maximum atomic E-state index is 5.77. The number of rotatable bonds is 7. The molecule has 0 bridgehead atoms. The van der Waals surface area contributed by atoms with Gasteiger partial charge in [0.05, 0.1) is 0 Å². The van der Waals surface area contributed by atoms with Gasteiger partial charge in [-0.25, -0.2) is 0 Å². The Kier molecular flexibility index (Phi) is 6.12. The number of hydrogen-bond acceptors (Lipinski definition) is 2.